The summed E-state index contributed by atoms with van der Waals surface area (Å²) in [5, 5.41) is 10.6. The van der Waals surface area contributed by atoms with Crippen molar-refractivity contribution in [3.05, 3.63) is 70.9 Å². The first-order chi connectivity index (χ1) is 9.65. The summed E-state index contributed by atoms with van der Waals surface area (Å²) in [6.07, 6.45) is 1.90. The average Bonchev–Trinajstić information content (AvgIpc) is 2.77. The molecule has 0 fully saturated rings. The van der Waals surface area contributed by atoms with Gasteiger partial charge in [0.05, 0.1) is 10.6 Å². The fraction of sp³-hybridized carbons (Fsp3) is 0.0625. The molecule has 0 bridgehead atoms. The SMILES string of the molecule is O=C(O)c1ccc(Cn2cc(Cl)c3ccccc32)cc1. The normalized spacial score (nSPS) is 10.8. The summed E-state index contributed by atoms with van der Waals surface area (Å²) in [7, 11) is 0. The molecule has 0 amide bonds. The van der Waals surface area contributed by atoms with Gasteiger partial charge in [-0.3, -0.25) is 0 Å². The number of halogens is 1. The van der Waals surface area contributed by atoms with E-state index < -0.39 is 5.97 Å². The van der Waals surface area contributed by atoms with E-state index >= 15 is 0 Å². The van der Waals surface area contributed by atoms with Gasteiger partial charge in [0.1, 0.15) is 0 Å². The molecule has 3 rings (SSSR count). The highest BCUT2D eigenvalue weighted by atomic mass is 35.5. The fourth-order valence-electron chi connectivity index (χ4n) is 2.28. The molecule has 4 heteroatoms. The molecule has 1 heterocycles. The highest BCUT2D eigenvalue weighted by Gasteiger charge is 2.07. The summed E-state index contributed by atoms with van der Waals surface area (Å²) < 4.78 is 2.06. The number of aromatic carboxylic acids is 1. The Balaban J connectivity index is 1.95. The zero-order chi connectivity index (χ0) is 14.1. The summed E-state index contributed by atoms with van der Waals surface area (Å²) in [6, 6.07) is 14.8. The minimum atomic E-state index is -0.911. The quantitative estimate of drug-likeness (QED) is 0.789. The summed E-state index contributed by atoms with van der Waals surface area (Å²) in [5.74, 6) is -0.911. The zero-order valence-corrected chi connectivity index (χ0v) is 11.3. The number of rotatable bonds is 3. The minimum Gasteiger partial charge on any atom is -0.478 e. The topological polar surface area (TPSA) is 42.2 Å². The van der Waals surface area contributed by atoms with E-state index in [2.05, 4.69) is 4.57 Å². The van der Waals surface area contributed by atoms with Gasteiger partial charge in [0, 0.05) is 23.6 Å². The van der Waals surface area contributed by atoms with Gasteiger partial charge in [0.2, 0.25) is 0 Å². The first kappa shape index (κ1) is 12.8. The number of carbonyl (C=O) groups is 1. The highest BCUT2D eigenvalue weighted by Crippen LogP contribution is 2.26. The number of aromatic nitrogens is 1. The third-order valence-electron chi connectivity index (χ3n) is 3.29. The molecule has 0 aliphatic heterocycles. The van der Waals surface area contributed by atoms with Crippen molar-refractivity contribution in [1.29, 1.82) is 0 Å². The number of benzene rings is 2. The largest absolute Gasteiger partial charge is 0.478 e. The molecule has 0 aliphatic carbocycles. The van der Waals surface area contributed by atoms with Gasteiger partial charge >= 0.3 is 5.97 Å². The zero-order valence-electron chi connectivity index (χ0n) is 10.6. The standard InChI is InChI=1S/C16H12ClNO2/c17-14-10-18(15-4-2-1-3-13(14)15)9-11-5-7-12(8-6-11)16(19)20/h1-8,10H,9H2,(H,19,20). The Kier molecular flexibility index (Phi) is 3.20. The van der Waals surface area contributed by atoms with Crippen LogP contribution in [0.25, 0.3) is 10.9 Å². The fourth-order valence-corrected chi connectivity index (χ4v) is 2.56. The first-order valence-corrected chi connectivity index (χ1v) is 6.58. The molecule has 0 unspecified atom stereocenters. The smallest absolute Gasteiger partial charge is 0.335 e. The lowest BCUT2D eigenvalue weighted by molar-refractivity contribution is 0.0697. The third-order valence-corrected chi connectivity index (χ3v) is 3.59. The van der Waals surface area contributed by atoms with E-state index in [9.17, 15) is 4.79 Å². The van der Waals surface area contributed by atoms with Crippen LogP contribution in [-0.2, 0) is 6.54 Å². The van der Waals surface area contributed by atoms with Gasteiger partial charge in [-0.15, -0.1) is 0 Å². The lowest BCUT2D eigenvalue weighted by Crippen LogP contribution is -2.00. The van der Waals surface area contributed by atoms with E-state index in [1.54, 1.807) is 12.1 Å². The number of nitrogens with zero attached hydrogens (tertiary/aromatic N) is 1. The predicted molar refractivity (Wildman–Crippen MR) is 79.5 cm³/mol. The Bertz CT molecular complexity index is 775. The van der Waals surface area contributed by atoms with Crippen molar-refractivity contribution in [2.75, 3.05) is 0 Å². The molecular weight excluding hydrogens is 274 g/mol. The van der Waals surface area contributed by atoms with Crippen LogP contribution in [0.15, 0.2) is 54.7 Å². The van der Waals surface area contributed by atoms with Crippen LogP contribution in [0.5, 0.6) is 0 Å². The Morgan fingerprint density at radius 2 is 1.80 bits per heavy atom. The van der Waals surface area contributed by atoms with E-state index in [4.69, 9.17) is 16.7 Å². The van der Waals surface area contributed by atoms with Crippen LogP contribution in [-0.4, -0.2) is 15.6 Å². The van der Waals surface area contributed by atoms with Gasteiger partial charge in [0.25, 0.3) is 0 Å². The van der Waals surface area contributed by atoms with Crippen molar-refractivity contribution in [1.82, 2.24) is 4.57 Å². The predicted octanol–water partition coefficient (Wildman–Crippen LogP) is 4.04. The average molecular weight is 286 g/mol. The maximum Gasteiger partial charge on any atom is 0.335 e. The molecule has 2 aromatic carbocycles. The van der Waals surface area contributed by atoms with Crippen molar-refractivity contribution < 1.29 is 9.90 Å². The minimum absolute atomic E-state index is 0.296. The number of hydrogen-bond donors (Lipinski definition) is 1. The van der Waals surface area contributed by atoms with Crippen molar-refractivity contribution in [3.8, 4) is 0 Å². The van der Waals surface area contributed by atoms with Crippen LogP contribution >= 0.6 is 11.6 Å². The summed E-state index contributed by atoms with van der Waals surface area (Å²) in [5.41, 5.74) is 2.40. The molecule has 0 spiro atoms. The second-order valence-electron chi connectivity index (χ2n) is 4.62. The first-order valence-electron chi connectivity index (χ1n) is 6.21. The lowest BCUT2D eigenvalue weighted by atomic mass is 10.1. The maximum absolute atomic E-state index is 10.8. The molecule has 0 aliphatic rings. The molecule has 0 atom stereocenters. The third kappa shape index (κ3) is 2.28. The van der Waals surface area contributed by atoms with Gasteiger partial charge in [-0.2, -0.15) is 0 Å². The molecular formula is C16H12ClNO2. The molecule has 0 saturated carbocycles. The van der Waals surface area contributed by atoms with Crippen LogP contribution in [0.4, 0.5) is 0 Å². The van der Waals surface area contributed by atoms with E-state index in [0.717, 1.165) is 21.5 Å². The number of hydrogen-bond acceptors (Lipinski definition) is 1. The summed E-state index contributed by atoms with van der Waals surface area (Å²) in [6.45, 7) is 0.660. The van der Waals surface area contributed by atoms with E-state index in [0.29, 0.717) is 12.1 Å². The Morgan fingerprint density at radius 3 is 2.50 bits per heavy atom. The van der Waals surface area contributed by atoms with Gasteiger partial charge in [-0.25, -0.2) is 4.79 Å². The monoisotopic (exact) mass is 285 g/mol. The Morgan fingerprint density at radius 1 is 1.10 bits per heavy atom. The molecule has 100 valence electrons. The summed E-state index contributed by atoms with van der Waals surface area (Å²) >= 11 is 6.21. The van der Waals surface area contributed by atoms with E-state index in [1.165, 1.54) is 0 Å². The molecule has 3 nitrogen and oxygen atoms in total. The van der Waals surface area contributed by atoms with Crippen molar-refractivity contribution in [2.24, 2.45) is 0 Å². The van der Waals surface area contributed by atoms with Crippen molar-refractivity contribution in [2.45, 2.75) is 6.54 Å². The van der Waals surface area contributed by atoms with Crippen LogP contribution < -0.4 is 0 Å². The highest BCUT2D eigenvalue weighted by molar-refractivity contribution is 6.35. The molecule has 0 saturated heterocycles. The molecule has 1 aromatic heterocycles. The molecule has 1 N–H and O–H groups in total. The Hall–Kier alpha value is -2.26. The van der Waals surface area contributed by atoms with Gasteiger partial charge < -0.3 is 9.67 Å². The van der Waals surface area contributed by atoms with Crippen molar-refractivity contribution >= 4 is 28.5 Å². The summed E-state index contributed by atoms with van der Waals surface area (Å²) in [4.78, 5) is 10.8. The number of para-hydroxylation sites is 1. The molecule has 20 heavy (non-hydrogen) atoms. The Labute approximate surface area is 121 Å². The van der Waals surface area contributed by atoms with Crippen LogP contribution in [0.2, 0.25) is 5.02 Å². The van der Waals surface area contributed by atoms with Crippen molar-refractivity contribution in [3.63, 3.8) is 0 Å². The second kappa shape index (κ2) is 5.02. The van der Waals surface area contributed by atoms with Crippen LogP contribution in [0.3, 0.4) is 0 Å². The lowest BCUT2D eigenvalue weighted by Gasteiger charge is -2.06. The van der Waals surface area contributed by atoms with Crippen LogP contribution in [0.1, 0.15) is 15.9 Å². The van der Waals surface area contributed by atoms with Gasteiger partial charge in [-0.05, 0) is 23.8 Å². The van der Waals surface area contributed by atoms with Gasteiger partial charge in [0.15, 0.2) is 0 Å². The van der Waals surface area contributed by atoms with E-state index in [1.807, 2.05) is 42.6 Å². The maximum atomic E-state index is 10.8. The number of fused-ring (bicyclic) bond motifs is 1. The molecule has 0 radical (unpaired) electrons. The van der Waals surface area contributed by atoms with Gasteiger partial charge in [-0.1, -0.05) is 41.9 Å². The molecule has 3 aromatic rings. The number of carboxylic acid groups (broad SMARTS) is 1. The number of carboxylic acids is 1. The van der Waals surface area contributed by atoms with Crippen LogP contribution in [0, 0.1) is 0 Å². The van der Waals surface area contributed by atoms with E-state index in [-0.39, 0.29) is 0 Å². The second-order valence-corrected chi connectivity index (χ2v) is 5.03.